The molecular weight excluding hydrogens is 214 g/mol. The SMILES string of the molecule is CC(CCc1cccc2cnccc12)C(=O)O. The summed E-state index contributed by atoms with van der Waals surface area (Å²) in [6.07, 6.45) is 5.05. The smallest absolute Gasteiger partial charge is 0.306 e. The quantitative estimate of drug-likeness (QED) is 0.877. The van der Waals surface area contributed by atoms with Crippen molar-refractivity contribution in [2.75, 3.05) is 0 Å². The Kier molecular flexibility index (Phi) is 3.38. The van der Waals surface area contributed by atoms with Crippen molar-refractivity contribution in [3.05, 3.63) is 42.2 Å². The topological polar surface area (TPSA) is 50.2 Å². The van der Waals surface area contributed by atoms with Gasteiger partial charge in [0.05, 0.1) is 5.92 Å². The van der Waals surface area contributed by atoms with Crippen molar-refractivity contribution >= 4 is 16.7 Å². The van der Waals surface area contributed by atoms with Gasteiger partial charge in [0.1, 0.15) is 0 Å². The van der Waals surface area contributed by atoms with Crippen LogP contribution < -0.4 is 0 Å². The van der Waals surface area contributed by atoms with Crippen molar-refractivity contribution in [3.63, 3.8) is 0 Å². The summed E-state index contributed by atoms with van der Waals surface area (Å²) in [5.74, 6) is -1.03. The Morgan fingerprint density at radius 3 is 3.00 bits per heavy atom. The Hall–Kier alpha value is -1.90. The Morgan fingerprint density at radius 2 is 2.24 bits per heavy atom. The Morgan fingerprint density at radius 1 is 1.41 bits per heavy atom. The molecule has 1 N–H and O–H groups in total. The van der Waals surface area contributed by atoms with Crippen LogP contribution in [-0.2, 0) is 11.2 Å². The number of aryl methyl sites for hydroxylation is 1. The predicted molar refractivity (Wildman–Crippen MR) is 66.9 cm³/mol. The molecule has 1 unspecified atom stereocenters. The minimum Gasteiger partial charge on any atom is -0.481 e. The largest absolute Gasteiger partial charge is 0.481 e. The average molecular weight is 229 g/mol. The summed E-state index contributed by atoms with van der Waals surface area (Å²) >= 11 is 0. The van der Waals surface area contributed by atoms with Crippen LogP contribution in [0.1, 0.15) is 18.9 Å². The number of benzene rings is 1. The van der Waals surface area contributed by atoms with E-state index in [2.05, 4.69) is 11.1 Å². The van der Waals surface area contributed by atoms with E-state index in [9.17, 15) is 4.79 Å². The molecule has 1 heterocycles. The molecule has 0 aliphatic rings. The van der Waals surface area contributed by atoms with Crippen LogP contribution in [0.5, 0.6) is 0 Å². The van der Waals surface area contributed by atoms with Crippen LogP contribution in [0.4, 0.5) is 0 Å². The summed E-state index contributed by atoms with van der Waals surface area (Å²) < 4.78 is 0. The monoisotopic (exact) mass is 229 g/mol. The fourth-order valence-electron chi connectivity index (χ4n) is 1.90. The molecule has 0 saturated carbocycles. The van der Waals surface area contributed by atoms with Gasteiger partial charge in [-0.25, -0.2) is 0 Å². The summed E-state index contributed by atoms with van der Waals surface area (Å²) in [6, 6.07) is 8.05. The van der Waals surface area contributed by atoms with E-state index >= 15 is 0 Å². The molecule has 88 valence electrons. The molecule has 0 saturated heterocycles. The third-order valence-electron chi connectivity index (χ3n) is 3.04. The first kappa shape index (κ1) is 11.6. The highest BCUT2D eigenvalue weighted by molar-refractivity contribution is 5.84. The van der Waals surface area contributed by atoms with Gasteiger partial charge in [-0.1, -0.05) is 25.1 Å². The lowest BCUT2D eigenvalue weighted by atomic mass is 9.97. The molecule has 0 bridgehead atoms. The van der Waals surface area contributed by atoms with E-state index in [1.165, 1.54) is 10.9 Å². The van der Waals surface area contributed by atoms with Crippen LogP contribution in [0.3, 0.4) is 0 Å². The van der Waals surface area contributed by atoms with Gasteiger partial charge in [-0.15, -0.1) is 0 Å². The van der Waals surface area contributed by atoms with Crippen LogP contribution >= 0.6 is 0 Å². The summed E-state index contributed by atoms with van der Waals surface area (Å²) in [7, 11) is 0. The Bertz CT molecular complexity index is 531. The van der Waals surface area contributed by atoms with Crippen molar-refractivity contribution in [1.29, 1.82) is 0 Å². The third kappa shape index (κ3) is 2.61. The van der Waals surface area contributed by atoms with Gasteiger partial charge in [0.25, 0.3) is 0 Å². The molecule has 0 fully saturated rings. The van der Waals surface area contributed by atoms with Crippen LogP contribution in [0.15, 0.2) is 36.7 Å². The lowest BCUT2D eigenvalue weighted by Crippen LogP contribution is -2.10. The van der Waals surface area contributed by atoms with Gasteiger partial charge in [-0.05, 0) is 29.9 Å². The first-order chi connectivity index (χ1) is 8.18. The number of rotatable bonds is 4. The van der Waals surface area contributed by atoms with Crippen LogP contribution in [0, 0.1) is 5.92 Å². The van der Waals surface area contributed by atoms with E-state index in [0.29, 0.717) is 6.42 Å². The standard InChI is InChI=1S/C14H15NO2/c1-10(14(16)17)5-6-11-3-2-4-12-9-15-8-7-13(11)12/h2-4,7-10H,5-6H2,1H3,(H,16,17). The zero-order valence-electron chi connectivity index (χ0n) is 9.76. The highest BCUT2D eigenvalue weighted by Crippen LogP contribution is 2.20. The van der Waals surface area contributed by atoms with Crippen LogP contribution in [-0.4, -0.2) is 16.1 Å². The van der Waals surface area contributed by atoms with Crippen molar-refractivity contribution in [2.24, 2.45) is 5.92 Å². The lowest BCUT2D eigenvalue weighted by Gasteiger charge is -2.08. The molecule has 1 aromatic heterocycles. The lowest BCUT2D eigenvalue weighted by molar-refractivity contribution is -0.141. The fourth-order valence-corrected chi connectivity index (χ4v) is 1.90. The summed E-state index contributed by atoms with van der Waals surface area (Å²) in [5.41, 5.74) is 1.19. The number of pyridine rings is 1. The molecular formula is C14H15NO2. The van der Waals surface area contributed by atoms with Crippen molar-refractivity contribution in [1.82, 2.24) is 4.98 Å². The zero-order chi connectivity index (χ0) is 12.3. The van der Waals surface area contributed by atoms with E-state index in [0.717, 1.165) is 11.8 Å². The van der Waals surface area contributed by atoms with Gasteiger partial charge in [0, 0.05) is 17.8 Å². The van der Waals surface area contributed by atoms with Gasteiger partial charge in [-0.3, -0.25) is 9.78 Å². The molecule has 0 radical (unpaired) electrons. The molecule has 2 rings (SSSR count). The van der Waals surface area contributed by atoms with Crippen LogP contribution in [0.2, 0.25) is 0 Å². The van der Waals surface area contributed by atoms with Crippen molar-refractivity contribution in [3.8, 4) is 0 Å². The number of carboxylic acid groups (broad SMARTS) is 1. The molecule has 17 heavy (non-hydrogen) atoms. The number of carboxylic acids is 1. The normalized spacial score (nSPS) is 12.5. The summed E-state index contributed by atoms with van der Waals surface area (Å²) in [6.45, 7) is 1.75. The van der Waals surface area contributed by atoms with E-state index in [4.69, 9.17) is 5.11 Å². The van der Waals surface area contributed by atoms with E-state index in [-0.39, 0.29) is 5.92 Å². The molecule has 3 heteroatoms. The number of hydrogen-bond acceptors (Lipinski definition) is 2. The Balaban J connectivity index is 2.21. The van der Waals surface area contributed by atoms with Crippen LogP contribution in [0.25, 0.3) is 10.8 Å². The van der Waals surface area contributed by atoms with E-state index < -0.39 is 5.97 Å². The predicted octanol–water partition coefficient (Wildman–Crippen LogP) is 2.89. The number of nitrogens with zero attached hydrogens (tertiary/aromatic N) is 1. The average Bonchev–Trinajstić information content (AvgIpc) is 2.35. The van der Waals surface area contributed by atoms with Crippen molar-refractivity contribution in [2.45, 2.75) is 19.8 Å². The molecule has 2 aromatic rings. The maximum absolute atomic E-state index is 10.8. The molecule has 1 aromatic carbocycles. The minimum absolute atomic E-state index is 0.299. The first-order valence-electron chi connectivity index (χ1n) is 5.73. The molecule has 0 aliphatic carbocycles. The summed E-state index contributed by atoms with van der Waals surface area (Å²) in [4.78, 5) is 14.9. The van der Waals surface area contributed by atoms with Gasteiger partial charge in [0.15, 0.2) is 0 Å². The van der Waals surface area contributed by atoms with Gasteiger partial charge in [-0.2, -0.15) is 0 Å². The molecule has 0 amide bonds. The summed E-state index contributed by atoms with van der Waals surface area (Å²) in [5, 5.41) is 11.1. The molecule has 0 spiro atoms. The maximum atomic E-state index is 10.8. The maximum Gasteiger partial charge on any atom is 0.306 e. The minimum atomic E-state index is -0.730. The first-order valence-corrected chi connectivity index (χ1v) is 5.73. The third-order valence-corrected chi connectivity index (χ3v) is 3.04. The van der Waals surface area contributed by atoms with Crippen molar-refractivity contribution < 1.29 is 9.90 Å². The number of fused-ring (bicyclic) bond motifs is 1. The van der Waals surface area contributed by atoms with E-state index in [1.807, 2.05) is 24.4 Å². The Labute approximate surface area is 100 Å². The molecule has 1 atom stereocenters. The second-order valence-electron chi connectivity index (χ2n) is 4.29. The molecule has 0 aliphatic heterocycles. The number of hydrogen-bond donors (Lipinski definition) is 1. The molecule has 3 nitrogen and oxygen atoms in total. The highest BCUT2D eigenvalue weighted by atomic mass is 16.4. The number of aliphatic carboxylic acids is 1. The van der Waals surface area contributed by atoms with Gasteiger partial charge >= 0.3 is 5.97 Å². The second kappa shape index (κ2) is 4.95. The van der Waals surface area contributed by atoms with E-state index in [1.54, 1.807) is 13.1 Å². The zero-order valence-corrected chi connectivity index (χ0v) is 9.76. The highest BCUT2D eigenvalue weighted by Gasteiger charge is 2.11. The van der Waals surface area contributed by atoms with Gasteiger partial charge in [0.2, 0.25) is 0 Å². The number of aromatic nitrogens is 1. The number of carbonyl (C=O) groups is 1. The fraction of sp³-hybridized carbons (Fsp3) is 0.286. The van der Waals surface area contributed by atoms with Gasteiger partial charge < -0.3 is 5.11 Å². The second-order valence-corrected chi connectivity index (χ2v) is 4.29.